The molecule has 0 radical (unpaired) electrons. The van der Waals surface area contributed by atoms with Crippen LogP contribution in [0.25, 0.3) is 0 Å². The molecule has 0 amide bonds. The van der Waals surface area contributed by atoms with Crippen molar-refractivity contribution in [2.45, 2.75) is 37.9 Å². The van der Waals surface area contributed by atoms with Crippen LogP contribution in [-0.4, -0.2) is 29.0 Å². The van der Waals surface area contributed by atoms with Crippen molar-refractivity contribution in [2.75, 3.05) is 11.9 Å². The van der Waals surface area contributed by atoms with Gasteiger partial charge in [0.1, 0.15) is 5.88 Å². The topological polar surface area (TPSA) is 60.2 Å². The molecule has 1 aliphatic rings. The third kappa shape index (κ3) is 2.82. The van der Waals surface area contributed by atoms with Crippen molar-refractivity contribution >= 4 is 17.6 Å². The van der Waals surface area contributed by atoms with Crippen LogP contribution in [0.2, 0.25) is 0 Å². The van der Waals surface area contributed by atoms with Gasteiger partial charge in [-0.1, -0.05) is 5.10 Å². The van der Waals surface area contributed by atoms with Crippen molar-refractivity contribution in [3.8, 4) is 0 Å². The lowest BCUT2D eigenvalue weighted by Crippen LogP contribution is -2.19. The van der Waals surface area contributed by atoms with E-state index in [0.29, 0.717) is 24.6 Å². The average molecular weight is 232 g/mol. The van der Waals surface area contributed by atoms with E-state index >= 15 is 0 Å². The molecule has 1 saturated heterocycles. The van der Waals surface area contributed by atoms with Gasteiger partial charge in [-0.3, -0.25) is 0 Å². The molecule has 1 aromatic heterocycles. The summed E-state index contributed by atoms with van der Waals surface area (Å²) in [7, 11) is 0. The van der Waals surface area contributed by atoms with Gasteiger partial charge in [0.05, 0.1) is 12.2 Å². The van der Waals surface area contributed by atoms with Crippen molar-refractivity contribution < 1.29 is 9.15 Å². The summed E-state index contributed by atoms with van der Waals surface area (Å²) < 4.78 is 10.8. The number of nitrogens with one attached hydrogen (secondary N) is 1. The first-order valence-corrected chi connectivity index (χ1v) is 5.59. The van der Waals surface area contributed by atoms with Crippen LogP contribution in [-0.2, 0) is 10.6 Å². The largest absolute Gasteiger partial charge is 0.407 e. The number of hydrogen-bond donors (Lipinski definition) is 1. The number of anilines is 1. The molecule has 2 heterocycles. The molecule has 0 saturated carbocycles. The highest BCUT2D eigenvalue weighted by atomic mass is 35.5. The van der Waals surface area contributed by atoms with Crippen molar-refractivity contribution in [3.05, 3.63) is 5.89 Å². The van der Waals surface area contributed by atoms with Crippen molar-refractivity contribution in [3.63, 3.8) is 0 Å². The molecule has 0 bridgehead atoms. The van der Waals surface area contributed by atoms with Gasteiger partial charge in [0.15, 0.2) is 0 Å². The second-order valence-electron chi connectivity index (χ2n) is 3.66. The van der Waals surface area contributed by atoms with Gasteiger partial charge < -0.3 is 14.5 Å². The first-order valence-electron chi connectivity index (χ1n) is 5.05. The predicted molar refractivity (Wildman–Crippen MR) is 55.9 cm³/mol. The lowest BCUT2D eigenvalue weighted by atomic mass is 10.2. The summed E-state index contributed by atoms with van der Waals surface area (Å²) in [5, 5.41) is 10.6. The zero-order valence-corrected chi connectivity index (χ0v) is 9.33. The Morgan fingerprint density at radius 2 is 2.33 bits per heavy atom. The highest BCUT2D eigenvalue weighted by Gasteiger charge is 2.21. The average Bonchev–Trinajstić information content (AvgIpc) is 2.83. The summed E-state index contributed by atoms with van der Waals surface area (Å²) in [5.74, 6) is 0.672. The minimum absolute atomic E-state index is 0.242. The number of nitrogens with zero attached hydrogens (tertiary/aromatic N) is 2. The second kappa shape index (κ2) is 4.81. The van der Waals surface area contributed by atoms with Gasteiger partial charge in [-0.25, -0.2) is 0 Å². The van der Waals surface area contributed by atoms with Gasteiger partial charge in [-0.05, 0) is 19.8 Å². The normalized spacial score (nSPS) is 25.7. The summed E-state index contributed by atoms with van der Waals surface area (Å²) in [4.78, 5) is 0. The molecule has 84 valence electrons. The Hall–Kier alpha value is -0.810. The Morgan fingerprint density at radius 3 is 2.93 bits per heavy atom. The quantitative estimate of drug-likeness (QED) is 0.801. The summed E-state index contributed by atoms with van der Waals surface area (Å²) in [6.07, 6.45) is 2.79. The van der Waals surface area contributed by atoms with Gasteiger partial charge in [0.25, 0.3) is 0 Å². The van der Waals surface area contributed by atoms with Crippen LogP contribution in [0.3, 0.4) is 0 Å². The first-order chi connectivity index (χ1) is 7.28. The van der Waals surface area contributed by atoms with E-state index in [9.17, 15) is 0 Å². The zero-order chi connectivity index (χ0) is 10.7. The highest BCUT2D eigenvalue weighted by molar-refractivity contribution is 6.16. The standard InChI is InChI=1S/C9H14ClN3O2/c1-6-2-3-7(14-6)5-11-9-13-12-8(4-10)15-9/h6-7H,2-5H2,1H3,(H,11,13). The van der Waals surface area contributed by atoms with E-state index in [1.165, 1.54) is 0 Å². The number of aromatic nitrogens is 2. The molecular weight excluding hydrogens is 218 g/mol. The maximum absolute atomic E-state index is 5.64. The summed E-state index contributed by atoms with van der Waals surface area (Å²) >= 11 is 5.54. The smallest absolute Gasteiger partial charge is 0.315 e. The van der Waals surface area contributed by atoms with Crippen LogP contribution in [0, 0.1) is 0 Å². The first kappa shape index (κ1) is 10.7. The van der Waals surface area contributed by atoms with Crippen LogP contribution < -0.4 is 5.32 Å². The van der Waals surface area contributed by atoms with E-state index < -0.39 is 0 Å². The molecule has 15 heavy (non-hydrogen) atoms. The van der Waals surface area contributed by atoms with E-state index in [0.717, 1.165) is 12.8 Å². The third-order valence-electron chi connectivity index (χ3n) is 2.38. The lowest BCUT2D eigenvalue weighted by molar-refractivity contribution is 0.0634. The lowest BCUT2D eigenvalue weighted by Gasteiger charge is -2.10. The molecule has 0 aliphatic carbocycles. The Kier molecular flexibility index (Phi) is 3.43. The monoisotopic (exact) mass is 231 g/mol. The number of hydrogen-bond acceptors (Lipinski definition) is 5. The van der Waals surface area contributed by atoms with Crippen molar-refractivity contribution in [1.29, 1.82) is 0 Å². The molecule has 0 spiro atoms. The maximum Gasteiger partial charge on any atom is 0.315 e. The fourth-order valence-electron chi connectivity index (χ4n) is 1.62. The highest BCUT2D eigenvalue weighted by Crippen LogP contribution is 2.19. The minimum atomic E-state index is 0.242. The number of halogens is 1. The SMILES string of the molecule is CC1CCC(CNc2nnc(CCl)o2)O1. The molecule has 6 heteroatoms. The molecular formula is C9H14ClN3O2. The molecule has 1 aromatic rings. The molecule has 2 rings (SSSR count). The Labute approximate surface area is 93.1 Å². The van der Waals surface area contributed by atoms with E-state index in [4.69, 9.17) is 20.8 Å². The summed E-state index contributed by atoms with van der Waals surface area (Å²) in [5.41, 5.74) is 0. The van der Waals surface area contributed by atoms with Crippen LogP contribution >= 0.6 is 11.6 Å². The van der Waals surface area contributed by atoms with Crippen LogP contribution in [0.5, 0.6) is 0 Å². The van der Waals surface area contributed by atoms with Crippen molar-refractivity contribution in [2.24, 2.45) is 0 Å². The predicted octanol–water partition coefficient (Wildman–Crippen LogP) is 1.79. The molecule has 2 atom stereocenters. The molecule has 0 aromatic carbocycles. The van der Waals surface area contributed by atoms with Crippen molar-refractivity contribution in [1.82, 2.24) is 10.2 Å². The van der Waals surface area contributed by atoms with E-state index in [-0.39, 0.29) is 12.0 Å². The molecule has 5 nitrogen and oxygen atoms in total. The molecule has 2 unspecified atom stereocenters. The Bertz CT molecular complexity index is 318. The Morgan fingerprint density at radius 1 is 1.47 bits per heavy atom. The van der Waals surface area contributed by atoms with Gasteiger partial charge in [0, 0.05) is 6.54 Å². The zero-order valence-electron chi connectivity index (χ0n) is 8.57. The fraction of sp³-hybridized carbons (Fsp3) is 0.778. The molecule has 1 N–H and O–H groups in total. The van der Waals surface area contributed by atoms with Crippen LogP contribution in [0.15, 0.2) is 4.42 Å². The molecule has 1 aliphatic heterocycles. The van der Waals surface area contributed by atoms with Gasteiger partial charge in [-0.2, -0.15) is 0 Å². The number of alkyl halides is 1. The minimum Gasteiger partial charge on any atom is -0.407 e. The maximum atomic E-state index is 5.64. The Balaban J connectivity index is 1.77. The number of rotatable bonds is 4. The number of ether oxygens (including phenoxy) is 1. The molecule has 1 fully saturated rings. The van der Waals surface area contributed by atoms with E-state index in [1.807, 2.05) is 0 Å². The summed E-state index contributed by atoms with van der Waals surface area (Å²) in [6, 6.07) is 0.411. The van der Waals surface area contributed by atoms with Gasteiger partial charge >= 0.3 is 6.01 Å². The van der Waals surface area contributed by atoms with Gasteiger partial charge in [-0.15, -0.1) is 16.7 Å². The van der Waals surface area contributed by atoms with Crippen LogP contribution in [0.4, 0.5) is 6.01 Å². The van der Waals surface area contributed by atoms with Gasteiger partial charge in [0.2, 0.25) is 5.89 Å². The second-order valence-corrected chi connectivity index (χ2v) is 3.93. The van der Waals surface area contributed by atoms with E-state index in [2.05, 4.69) is 22.4 Å². The van der Waals surface area contributed by atoms with Crippen LogP contribution in [0.1, 0.15) is 25.7 Å². The fourth-order valence-corrected chi connectivity index (χ4v) is 1.72. The third-order valence-corrected chi connectivity index (χ3v) is 2.61. The van der Waals surface area contributed by atoms with E-state index in [1.54, 1.807) is 0 Å². The summed E-state index contributed by atoms with van der Waals surface area (Å²) in [6.45, 7) is 2.78.